The molecule has 1 aromatic carbocycles. The molecule has 2 aromatic rings. The fraction of sp³-hybridized carbons (Fsp3) is 0.438. The average molecular weight is 274 g/mol. The number of aromatic nitrogens is 1. The molecular formula is C16H22N2O2. The molecule has 0 spiro atoms. The third-order valence-corrected chi connectivity index (χ3v) is 3.06. The highest BCUT2D eigenvalue weighted by molar-refractivity contribution is 5.84. The van der Waals surface area contributed by atoms with E-state index in [4.69, 9.17) is 9.47 Å². The molecular weight excluding hydrogens is 252 g/mol. The molecule has 0 saturated heterocycles. The van der Waals surface area contributed by atoms with E-state index < -0.39 is 0 Å². The summed E-state index contributed by atoms with van der Waals surface area (Å²) in [4.78, 5) is 4.56. The van der Waals surface area contributed by atoms with Gasteiger partial charge in [0.05, 0.1) is 13.2 Å². The highest BCUT2D eigenvalue weighted by atomic mass is 16.5. The van der Waals surface area contributed by atoms with Crippen LogP contribution in [0.5, 0.6) is 5.75 Å². The van der Waals surface area contributed by atoms with Gasteiger partial charge in [0.1, 0.15) is 11.3 Å². The molecule has 0 aliphatic carbocycles. The summed E-state index contributed by atoms with van der Waals surface area (Å²) in [6.45, 7) is 5.24. The van der Waals surface area contributed by atoms with Crippen molar-refractivity contribution in [2.45, 2.75) is 13.3 Å². The fourth-order valence-corrected chi connectivity index (χ4v) is 2.01. The number of methoxy groups -OCH3 is 1. The van der Waals surface area contributed by atoms with Crippen LogP contribution in [0.4, 0.5) is 0 Å². The summed E-state index contributed by atoms with van der Waals surface area (Å²) in [7, 11) is 1.71. The molecule has 4 nitrogen and oxygen atoms in total. The lowest BCUT2D eigenvalue weighted by Gasteiger charge is -2.09. The Hall–Kier alpha value is -1.65. The van der Waals surface area contributed by atoms with Gasteiger partial charge in [0.2, 0.25) is 0 Å². The summed E-state index contributed by atoms with van der Waals surface area (Å²) in [6, 6.07) is 10.1. The number of aryl methyl sites for hydroxylation is 1. The van der Waals surface area contributed by atoms with E-state index in [1.807, 2.05) is 25.1 Å². The Labute approximate surface area is 120 Å². The lowest BCUT2D eigenvalue weighted by Crippen LogP contribution is -2.21. The van der Waals surface area contributed by atoms with Crippen LogP contribution >= 0.6 is 0 Å². The van der Waals surface area contributed by atoms with E-state index in [0.29, 0.717) is 6.61 Å². The van der Waals surface area contributed by atoms with Crippen molar-refractivity contribution in [1.82, 2.24) is 10.3 Å². The summed E-state index contributed by atoms with van der Waals surface area (Å²) < 4.78 is 10.8. The Morgan fingerprint density at radius 2 is 2.00 bits per heavy atom. The molecule has 1 N–H and O–H groups in total. The summed E-state index contributed by atoms with van der Waals surface area (Å²) in [5, 5.41) is 4.42. The van der Waals surface area contributed by atoms with E-state index in [1.165, 1.54) is 0 Å². The summed E-state index contributed by atoms with van der Waals surface area (Å²) in [5.74, 6) is 0.864. The number of ether oxygens (including phenoxy) is 2. The lowest BCUT2D eigenvalue weighted by atomic mass is 10.2. The SMILES string of the molecule is COCCNCCCOc1cccc2ccc(C)nc12. The number of nitrogens with zero attached hydrogens (tertiary/aromatic N) is 1. The van der Waals surface area contributed by atoms with E-state index in [0.717, 1.165) is 48.5 Å². The van der Waals surface area contributed by atoms with Crippen molar-refractivity contribution in [2.75, 3.05) is 33.4 Å². The molecule has 20 heavy (non-hydrogen) atoms. The highest BCUT2D eigenvalue weighted by Crippen LogP contribution is 2.23. The Kier molecular flexibility index (Phi) is 5.77. The van der Waals surface area contributed by atoms with Gasteiger partial charge in [-0.15, -0.1) is 0 Å². The molecule has 0 aliphatic heterocycles. The first kappa shape index (κ1) is 14.8. The zero-order valence-electron chi connectivity index (χ0n) is 12.2. The van der Waals surface area contributed by atoms with Crippen LogP contribution in [0.3, 0.4) is 0 Å². The van der Waals surface area contributed by atoms with Crippen LogP contribution in [-0.4, -0.2) is 38.4 Å². The van der Waals surface area contributed by atoms with Crippen molar-refractivity contribution < 1.29 is 9.47 Å². The maximum Gasteiger partial charge on any atom is 0.145 e. The zero-order chi connectivity index (χ0) is 14.2. The molecule has 1 aromatic heterocycles. The number of pyridine rings is 1. The molecule has 0 radical (unpaired) electrons. The largest absolute Gasteiger partial charge is 0.491 e. The molecule has 0 bridgehead atoms. The van der Waals surface area contributed by atoms with Crippen molar-refractivity contribution in [2.24, 2.45) is 0 Å². The fourth-order valence-electron chi connectivity index (χ4n) is 2.01. The van der Waals surface area contributed by atoms with Gasteiger partial charge in [0.15, 0.2) is 0 Å². The second-order valence-electron chi connectivity index (χ2n) is 4.73. The Morgan fingerprint density at radius 1 is 1.10 bits per heavy atom. The topological polar surface area (TPSA) is 43.4 Å². The molecule has 0 aliphatic rings. The van der Waals surface area contributed by atoms with E-state index in [1.54, 1.807) is 7.11 Å². The van der Waals surface area contributed by atoms with Crippen LogP contribution in [-0.2, 0) is 4.74 Å². The second-order valence-corrected chi connectivity index (χ2v) is 4.73. The van der Waals surface area contributed by atoms with Gasteiger partial charge in [-0.05, 0) is 32.0 Å². The summed E-state index contributed by atoms with van der Waals surface area (Å²) in [5.41, 5.74) is 1.95. The van der Waals surface area contributed by atoms with Gasteiger partial charge in [0, 0.05) is 24.7 Å². The first-order chi connectivity index (χ1) is 9.81. The van der Waals surface area contributed by atoms with E-state index in [9.17, 15) is 0 Å². The van der Waals surface area contributed by atoms with E-state index in [-0.39, 0.29) is 0 Å². The predicted octanol–water partition coefficient (Wildman–Crippen LogP) is 2.55. The molecule has 1 heterocycles. The van der Waals surface area contributed by atoms with Gasteiger partial charge in [0.25, 0.3) is 0 Å². The van der Waals surface area contributed by atoms with Crippen LogP contribution in [0.2, 0.25) is 0 Å². The van der Waals surface area contributed by atoms with Gasteiger partial charge < -0.3 is 14.8 Å². The zero-order valence-corrected chi connectivity index (χ0v) is 12.2. The van der Waals surface area contributed by atoms with E-state index in [2.05, 4.69) is 22.4 Å². The van der Waals surface area contributed by atoms with Crippen molar-refractivity contribution in [1.29, 1.82) is 0 Å². The van der Waals surface area contributed by atoms with Gasteiger partial charge in [-0.25, -0.2) is 4.98 Å². The third-order valence-electron chi connectivity index (χ3n) is 3.06. The minimum atomic E-state index is 0.689. The first-order valence-corrected chi connectivity index (χ1v) is 7.00. The minimum absolute atomic E-state index is 0.689. The molecule has 0 atom stereocenters. The monoisotopic (exact) mass is 274 g/mol. The number of hydrogen-bond acceptors (Lipinski definition) is 4. The molecule has 0 saturated carbocycles. The van der Waals surface area contributed by atoms with Gasteiger partial charge in [-0.1, -0.05) is 18.2 Å². The summed E-state index contributed by atoms with van der Waals surface area (Å²) in [6.07, 6.45) is 0.964. The number of hydrogen-bond donors (Lipinski definition) is 1. The Bertz CT molecular complexity index is 543. The van der Waals surface area contributed by atoms with Crippen LogP contribution in [0.15, 0.2) is 30.3 Å². The van der Waals surface area contributed by atoms with Gasteiger partial charge in [-0.2, -0.15) is 0 Å². The Morgan fingerprint density at radius 3 is 2.85 bits per heavy atom. The van der Waals surface area contributed by atoms with Crippen molar-refractivity contribution >= 4 is 10.9 Å². The van der Waals surface area contributed by atoms with Gasteiger partial charge >= 0.3 is 0 Å². The Balaban J connectivity index is 1.85. The molecule has 0 fully saturated rings. The number of rotatable bonds is 8. The first-order valence-electron chi connectivity index (χ1n) is 7.00. The molecule has 0 amide bonds. The smallest absolute Gasteiger partial charge is 0.145 e. The molecule has 108 valence electrons. The van der Waals surface area contributed by atoms with Crippen molar-refractivity contribution in [3.05, 3.63) is 36.0 Å². The average Bonchev–Trinajstić information content (AvgIpc) is 2.46. The van der Waals surface area contributed by atoms with E-state index >= 15 is 0 Å². The normalized spacial score (nSPS) is 10.9. The quantitative estimate of drug-likeness (QED) is 0.751. The third kappa shape index (κ3) is 4.18. The minimum Gasteiger partial charge on any atom is -0.491 e. The van der Waals surface area contributed by atoms with Crippen LogP contribution < -0.4 is 10.1 Å². The number of benzene rings is 1. The summed E-state index contributed by atoms with van der Waals surface area (Å²) >= 11 is 0. The van der Waals surface area contributed by atoms with Crippen LogP contribution in [0.25, 0.3) is 10.9 Å². The lowest BCUT2D eigenvalue weighted by molar-refractivity contribution is 0.198. The molecule has 0 unspecified atom stereocenters. The maximum absolute atomic E-state index is 5.85. The number of fused-ring (bicyclic) bond motifs is 1. The highest BCUT2D eigenvalue weighted by Gasteiger charge is 2.03. The second kappa shape index (κ2) is 7.82. The van der Waals surface area contributed by atoms with Crippen molar-refractivity contribution in [3.63, 3.8) is 0 Å². The van der Waals surface area contributed by atoms with Crippen LogP contribution in [0, 0.1) is 6.92 Å². The predicted molar refractivity (Wildman–Crippen MR) is 81.3 cm³/mol. The van der Waals surface area contributed by atoms with Gasteiger partial charge in [-0.3, -0.25) is 0 Å². The van der Waals surface area contributed by atoms with Crippen molar-refractivity contribution in [3.8, 4) is 5.75 Å². The molecule has 4 heteroatoms. The number of nitrogens with one attached hydrogen (secondary N) is 1. The van der Waals surface area contributed by atoms with Crippen LogP contribution in [0.1, 0.15) is 12.1 Å². The molecule has 2 rings (SSSR count). The maximum atomic E-state index is 5.85. The number of para-hydroxylation sites is 1. The standard InChI is InChI=1S/C16H22N2O2/c1-13-7-8-14-5-3-6-15(16(14)18-13)20-11-4-9-17-10-12-19-2/h3,5-8,17H,4,9-12H2,1-2H3.